The lowest BCUT2D eigenvalue weighted by atomic mass is 10.1. The fraction of sp³-hybridized carbons (Fsp3) is 0.250. The van der Waals surface area contributed by atoms with Gasteiger partial charge in [-0.3, -0.25) is 0 Å². The molecule has 1 fully saturated rings. The molecule has 0 saturated heterocycles. The van der Waals surface area contributed by atoms with Crippen molar-refractivity contribution < 1.29 is 9.53 Å². The van der Waals surface area contributed by atoms with E-state index in [1.54, 1.807) is 6.20 Å². The minimum Gasteiger partial charge on any atom is -0.465 e. The molecule has 1 aromatic carbocycles. The molecule has 23 heavy (non-hydrogen) atoms. The Bertz CT molecular complexity index is 781. The van der Waals surface area contributed by atoms with Gasteiger partial charge in [0.15, 0.2) is 0 Å². The highest BCUT2D eigenvalue weighted by molar-refractivity contribution is 9.28. The Balaban J connectivity index is 2.06. The van der Waals surface area contributed by atoms with Crippen molar-refractivity contribution in [2.75, 3.05) is 7.11 Å². The Hall–Kier alpha value is -0.920. The molecule has 1 heterocycles. The third-order valence-corrected chi connectivity index (χ3v) is 4.82. The van der Waals surface area contributed by atoms with Gasteiger partial charge < -0.3 is 4.74 Å². The molecule has 1 aliphatic carbocycles. The maximum absolute atomic E-state index is 12.1. The number of carbonyl (C=O) groups is 1. The minimum atomic E-state index is -0.353. The van der Waals surface area contributed by atoms with Gasteiger partial charge in [-0.1, -0.05) is 28.1 Å². The summed E-state index contributed by atoms with van der Waals surface area (Å²) < 4.78 is 8.63. The zero-order valence-electron chi connectivity index (χ0n) is 12.2. The molecule has 4 nitrogen and oxygen atoms in total. The number of ether oxygens (including phenoxy) is 1. The van der Waals surface area contributed by atoms with Crippen molar-refractivity contribution in [2.24, 2.45) is 5.92 Å². The van der Waals surface area contributed by atoms with Crippen LogP contribution in [0.1, 0.15) is 28.4 Å². The van der Waals surface area contributed by atoms with Gasteiger partial charge in [0, 0.05) is 10.4 Å². The molecule has 0 spiro atoms. The second-order valence-electron chi connectivity index (χ2n) is 5.29. The summed E-state index contributed by atoms with van der Waals surface area (Å²) in [5.74, 6) is 0.263. The summed E-state index contributed by atoms with van der Waals surface area (Å²) in [5, 5.41) is 4.42. The van der Waals surface area contributed by atoms with Crippen LogP contribution in [0, 0.1) is 5.92 Å². The number of esters is 1. The SMILES string of the molecule is COC(=O)c1cnn(-c2cccc(Br)c2)c1[C@@H]1C[C@H]1C=C(Br)Br. The number of benzene rings is 1. The van der Waals surface area contributed by atoms with Crippen molar-refractivity contribution in [1.29, 1.82) is 0 Å². The van der Waals surface area contributed by atoms with E-state index < -0.39 is 0 Å². The lowest BCUT2D eigenvalue weighted by Crippen LogP contribution is -2.08. The molecule has 0 N–H and O–H groups in total. The summed E-state index contributed by atoms with van der Waals surface area (Å²) in [6.45, 7) is 0. The molecule has 0 radical (unpaired) electrons. The summed E-state index contributed by atoms with van der Waals surface area (Å²) in [7, 11) is 1.39. The van der Waals surface area contributed by atoms with E-state index in [9.17, 15) is 4.79 Å². The Labute approximate surface area is 159 Å². The topological polar surface area (TPSA) is 44.1 Å². The first-order chi connectivity index (χ1) is 11.0. The molecule has 7 heteroatoms. The molecule has 1 aliphatic rings. The predicted octanol–water partition coefficient (Wildman–Crippen LogP) is 5.16. The Morgan fingerprint density at radius 2 is 2.22 bits per heavy atom. The highest BCUT2D eigenvalue weighted by Gasteiger charge is 2.42. The number of halogens is 3. The summed E-state index contributed by atoms with van der Waals surface area (Å²) in [6.07, 6.45) is 4.67. The number of nitrogens with zero attached hydrogens (tertiary/aromatic N) is 2. The van der Waals surface area contributed by atoms with Crippen molar-refractivity contribution in [2.45, 2.75) is 12.3 Å². The van der Waals surface area contributed by atoms with E-state index in [0.717, 1.165) is 25.7 Å². The third kappa shape index (κ3) is 3.61. The van der Waals surface area contributed by atoms with Gasteiger partial charge in [-0.15, -0.1) is 0 Å². The van der Waals surface area contributed by atoms with E-state index >= 15 is 0 Å². The fourth-order valence-corrected chi connectivity index (χ4v) is 3.74. The van der Waals surface area contributed by atoms with Crippen molar-refractivity contribution in [3.8, 4) is 5.69 Å². The molecule has 2 aromatic rings. The van der Waals surface area contributed by atoms with Gasteiger partial charge >= 0.3 is 5.97 Å². The number of carbonyl (C=O) groups excluding carboxylic acids is 1. The molecule has 2 atom stereocenters. The van der Waals surface area contributed by atoms with Crippen molar-refractivity contribution >= 4 is 53.8 Å². The van der Waals surface area contributed by atoms with E-state index in [0.29, 0.717) is 11.5 Å². The second-order valence-corrected chi connectivity index (χ2v) is 8.98. The van der Waals surface area contributed by atoms with E-state index in [2.05, 4.69) is 59.0 Å². The second kappa shape index (κ2) is 6.91. The quantitative estimate of drug-likeness (QED) is 0.540. The van der Waals surface area contributed by atoms with Crippen LogP contribution >= 0.6 is 47.8 Å². The molecule has 120 valence electrons. The zero-order chi connectivity index (χ0) is 16.6. The van der Waals surface area contributed by atoms with Gasteiger partial charge in [0.1, 0.15) is 5.56 Å². The van der Waals surface area contributed by atoms with E-state index in [4.69, 9.17) is 4.74 Å². The number of hydrogen-bond donors (Lipinski definition) is 0. The molecule has 1 aromatic heterocycles. The number of rotatable bonds is 4. The first-order valence-electron chi connectivity index (χ1n) is 6.96. The van der Waals surface area contributed by atoms with Gasteiger partial charge in [-0.25, -0.2) is 9.48 Å². The predicted molar refractivity (Wildman–Crippen MR) is 99.4 cm³/mol. The van der Waals surface area contributed by atoms with Crippen LogP contribution in [-0.2, 0) is 4.74 Å². The van der Waals surface area contributed by atoms with Gasteiger partial charge in [-0.2, -0.15) is 5.10 Å². The molecule has 0 unspecified atom stereocenters. The van der Waals surface area contributed by atoms with Crippen molar-refractivity contribution in [3.63, 3.8) is 0 Å². The van der Waals surface area contributed by atoms with Gasteiger partial charge in [0.25, 0.3) is 0 Å². The molecule has 0 amide bonds. The third-order valence-electron chi connectivity index (χ3n) is 3.80. The van der Waals surface area contributed by atoms with Crippen LogP contribution in [0.25, 0.3) is 5.69 Å². The monoisotopic (exact) mass is 502 g/mol. The summed E-state index contributed by atoms with van der Waals surface area (Å²) in [5.41, 5.74) is 2.34. The first kappa shape index (κ1) is 16.9. The smallest absolute Gasteiger partial charge is 0.341 e. The van der Waals surface area contributed by atoms with E-state index in [1.807, 2.05) is 28.9 Å². The van der Waals surface area contributed by atoms with Crippen LogP contribution < -0.4 is 0 Å². The van der Waals surface area contributed by atoms with E-state index in [-0.39, 0.29) is 11.9 Å². The minimum absolute atomic E-state index is 0.246. The molecular weight excluding hydrogens is 492 g/mol. The van der Waals surface area contributed by atoms with Crippen LogP contribution in [0.2, 0.25) is 0 Å². The summed E-state index contributed by atoms with van der Waals surface area (Å²) in [6, 6.07) is 7.85. The van der Waals surface area contributed by atoms with Crippen LogP contribution in [0.5, 0.6) is 0 Å². The maximum Gasteiger partial charge on any atom is 0.341 e. The van der Waals surface area contributed by atoms with Crippen LogP contribution in [0.3, 0.4) is 0 Å². The number of aromatic nitrogens is 2. The largest absolute Gasteiger partial charge is 0.465 e. The number of allylic oxidation sites excluding steroid dienone is 1. The van der Waals surface area contributed by atoms with Crippen LogP contribution in [0.4, 0.5) is 0 Å². The molecule has 0 aliphatic heterocycles. The molecule has 0 bridgehead atoms. The maximum atomic E-state index is 12.1. The fourth-order valence-electron chi connectivity index (χ4n) is 2.67. The van der Waals surface area contributed by atoms with Gasteiger partial charge in [-0.05, 0) is 62.4 Å². The normalized spacial score (nSPS) is 19.3. The summed E-state index contributed by atoms with van der Waals surface area (Å²) in [4.78, 5) is 12.1. The Morgan fingerprint density at radius 3 is 2.87 bits per heavy atom. The lowest BCUT2D eigenvalue weighted by Gasteiger charge is -2.09. The van der Waals surface area contributed by atoms with Crippen molar-refractivity contribution in [1.82, 2.24) is 9.78 Å². The zero-order valence-corrected chi connectivity index (χ0v) is 16.9. The van der Waals surface area contributed by atoms with Crippen LogP contribution in [0.15, 0.2) is 44.4 Å². The average Bonchev–Trinajstić information content (AvgIpc) is 3.11. The Kier molecular flexibility index (Phi) is 5.08. The molecule has 1 saturated carbocycles. The highest BCUT2D eigenvalue weighted by Crippen LogP contribution is 2.51. The highest BCUT2D eigenvalue weighted by atomic mass is 79.9. The van der Waals surface area contributed by atoms with Crippen molar-refractivity contribution in [3.05, 3.63) is 55.7 Å². The van der Waals surface area contributed by atoms with Gasteiger partial charge in [0.05, 0.1) is 28.1 Å². The van der Waals surface area contributed by atoms with Gasteiger partial charge in [0.2, 0.25) is 0 Å². The lowest BCUT2D eigenvalue weighted by molar-refractivity contribution is 0.0599. The first-order valence-corrected chi connectivity index (χ1v) is 9.34. The average molecular weight is 505 g/mol. The molecular formula is C16H13Br3N2O2. The summed E-state index contributed by atoms with van der Waals surface area (Å²) >= 11 is 10.3. The standard InChI is InChI=1S/C16H13Br3N2O2/c1-23-16(22)13-8-20-21(11-4-2-3-10(17)7-11)15(13)12-5-9(12)6-14(18)19/h2-4,6-9,12H,5H2,1H3/t9-,12+/m0/s1. The number of methoxy groups -OCH3 is 1. The van der Waals surface area contributed by atoms with E-state index in [1.165, 1.54) is 7.11 Å². The number of hydrogen-bond acceptors (Lipinski definition) is 3. The molecule has 3 rings (SSSR count). The Morgan fingerprint density at radius 1 is 1.43 bits per heavy atom. The van der Waals surface area contributed by atoms with Crippen LogP contribution in [-0.4, -0.2) is 22.9 Å².